The molecule has 0 fully saturated rings. The van der Waals surface area contributed by atoms with Crippen molar-refractivity contribution in [3.8, 4) is 5.75 Å². The number of rotatable bonds is 8. The Labute approximate surface area is 160 Å². The maximum absolute atomic E-state index is 12.5. The topological polar surface area (TPSA) is 88.9 Å². The van der Waals surface area contributed by atoms with Crippen LogP contribution >= 0.6 is 0 Å². The van der Waals surface area contributed by atoms with Gasteiger partial charge in [-0.1, -0.05) is 12.1 Å². The van der Waals surface area contributed by atoms with E-state index in [0.717, 1.165) is 5.56 Å². The van der Waals surface area contributed by atoms with Gasteiger partial charge in [-0.05, 0) is 57.5 Å². The molecule has 0 atom stereocenters. The van der Waals surface area contributed by atoms with Crippen molar-refractivity contribution >= 4 is 16.1 Å². The van der Waals surface area contributed by atoms with Crippen molar-refractivity contribution in [2.24, 2.45) is 0 Å². The summed E-state index contributed by atoms with van der Waals surface area (Å²) in [6.45, 7) is 7.45. The van der Waals surface area contributed by atoms with Gasteiger partial charge in [0.2, 0.25) is 0 Å². The zero-order chi connectivity index (χ0) is 20.0. The molecular formula is C19H26N2O5S. The highest BCUT2D eigenvalue weighted by Gasteiger charge is 2.20. The first-order valence-corrected chi connectivity index (χ1v) is 10.2. The predicted molar refractivity (Wildman–Crippen MR) is 103 cm³/mol. The van der Waals surface area contributed by atoms with E-state index in [1.54, 1.807) is 55.3 Å². The summed E-state index contributed by atoms with van der Waals surface area (Å²) in [5.74, 6) is 0.882. The number of amides is 2. The third kappa shape index (κ3) is 6.32. The number of hydrogen-bond acceptors (Lipinski definition) is 5. The van der Waals surface area contributed by atoms with Crippen molar-refractivity contribution in [1.82, 2.24) is 10.2 Å². The highest BCUT2D eigenvalue weighted by molar-refractivity contribution is 7.87. The molecule has 0 aliphatic carbocycles. The lowest BCUT2D eigenvalue weighted by Crippen LogP contribution is -2.42. The number of urea groups is 1. The van der Waals surface area contributed by atoms with Gasteiger partial charge >= 0.3 is 16.1 Å². The smallest absolute Gasteiger partial charge is 0.318 e. The Kier molecular flexibility index (Phi) is 6.90. The second-order valence-electron chi connectivity index (χ2n) is 6.81. The van der Waals surface area contributed by atoms with E-state index in [2.05, 4.69) is 5.32 Å². The van der Waals surface area contributed by atoms with Crippen LogP contribution in [0.2, 0.25) is 0 Å². The Balaban J connectivity index is 2.18. The van der Waals surface area contributed by atoms with E-state index >= 15 is 0 Å². The standard InChI is InChI=1S/C19H26N2O5S/c1-14(2)20-19(22)21(13-18-9-6-10-25-18)12-16-7-5-8-17(11-16)26-27(23,24)15(3)4/h5-11,14-15H,12-13H2,1-4H3,(H,20,22). The van der Waals surface area contributed by atoms with Crippen molar-refractivity contribution < 1.29 is 21.8 Å². The lowest BCUT2D eigenvalue weighted by atomic mass is 10.2. The monoisotopic (exact) mass is 394 g/mol. The number of carbonyl (C=O) groups is 1. The van der Waals surface area contributed by atoms with Gasteiger partial charge in [0.05, 0.1) is 18.1 Å². The van der Waals surface area contributed by atoms with Gasteiger partial charge in [-0.25, -0.2) is 4.79 Å². The Hall–Kier alpha value is -2.48. The average molecular weight is 394 g/mol. The summed E-state index contributed by atoms with van der Waals surface area (Å²) in [6, 6.07) is 10.0. The highest BCUT2D eigenvalue weighted by atomic mass is 32.2. The largest absolute Gasteiger partial charge is 0.467 e. The SMILES string of the molecule is CC(C)NC(=O)N(Cc1cccc(OS(=O)(=O)C(C)C)c1)Cc1ccco1. The molecule has 1 aromatic carbocycles. The number of hydrogen-bond donors (Lipinski definition) is 1. The van der Waals surface area contributed by atoms with Crippen LogP contribution in [0.5, 0.6) is 5.75 Å². The van der Waals surface area contributed by atoms with Crippen molar-refractivity contribution in [2.45, 2.75) is 52.1 Å². The van der Waals surface area contributed by atoms with Crippen LogP contribution in [0, 0.1) is 0 Å². The fourth-order valence-electron chi connectivity index (χ4n) is 2.27. The first kappa shape index (κ1) is 20.8. The molecule has 0 aliphatic heterocycles. The fourth-order valence-corrected chi connectivity index (χ4v) is 2.84. The summed E-state index contributed by atoms with van der Waals surface area (Å²) in [6.07, 6.45) is 1.55. The number of carbonyl (C=O) groups excluding carboxylic acids is 1. The maximum atomic E-state index is 12.5. The molecule has 1 N–H and O–H groups in total. The molecule has 1 heterocycles. The second-order valence-corrected chi connectivity index (χ2v) is 8.91. The molecule has 0 spiro atoms. The minimum absolute atomic E-state index is 0.0116. The van der Waals surface area contributed by atoms with Gasteiger partial charge in [0.15, 0.2) is 0 Å². The van der Waals surface area contributed by atoms with Gasteiger partial charge in [0.1, 0.15) is 11.5 Å². The molecule has 27 heavy (non-hydrogen) atoms. The minimum atomic E-state index is -3.68. The second kappa shape index (κ2) is 8.94. The summed E-state index contributed by atoms with van der Waals surface area (Å²) in [5, 5.41) is 2.22. The Morgan fingerprint density at radius 1 is 1.15 bits per heavy atom. The van der Waals surface area contributed by atoms with Gasteiger partial charge in [0, 0.05) is 12.6 Å². The fraction of sp³-hybridized carbons (Fsp3) is 0.421. The predicted octanol–water partition coefficient (Wildman–Crippen LogP) is 3.52. The minimum Gasteiger partial charge on any atom is -0.467 e. The van der Waals surface area contributed by atoms with Crippen LogP contribution in [0.25, 0.3) is 0 Å². The van der Waals surface area contributed by atoms with Crippen LogP contribution in [0.1, 0.15) is 39.0 Å². The zero-order valence-electron chi connectivity index (χ0n) is 16.0. The Morgan fingerprint density at radius 3 is 2.48 bits per heavy atom. The quantitative estimate of drug-likeness (QED) is 0.692. The molecule has 0 aliphatic rings. The average Bonchev–Trinajstić information content (AvgIpc) is 3.06. The molecule has 148 valence electrons. The normalized spacial score (nSPS) is 11.6. The molecule has 1 aromatic heterocycles. The van der Waals surface area contributed by atoms with Crippen molar-refractivity contribution in [3.63, 3.8) is 0 Å². The lowest BCUT2D eigenvalue weighted by Gasteiger charge is -2.24. The van der Waals surface area contributed by atoms with Gasteiger partial charge < -0.3 is 18.8 Å². The molecule has 0 radical (unpaired) electrons. The first-order chi connectivity index (χ1) is 12.7. The van der Waals surface area contributed by atoms with E-state index < -0.39 is 15.4 Å². The molecule has 2 rings (SSSR count). The van der Waals surface area contributed by atoms with E-state index in [-0.39, 0.29) is 24.4 Å². The molecule has 2 amide bonds. The summed E-state index contributed by atoms with van der Waals surface area (Å²) in [5.41, 5.74) is 0.747. The molecule has 8 heteroatoms. The number of nitrogens with one attached hydrogen (secondary N) is 1. The Bertz CT molecular complexity index is 845. The van der Waals surface area contributed by atoms with Crippen molar-refractivity contribution in [3.05, 3.63) is 54.0 Å². The van der Waals surface area contributed by atoms with Crippen LogP contribution in [0.4, 0.5) is 4.79 Å². The molecule has 0 bridgehead atoms. The van der Waals surface area contributed by atoms with Crippen LogP contribution < -0.4 is 9.50 Å². The highest BCUT2D eigenvalue weighted by Crippen LogP contribution is 2.19. The molecule has 0 saturated carbocycles. The lowest BCUT2D eigenvalue weighted by molar-refractivity contribution is 0.184. The van der Waals surface area contributed by atoms with Gasteiger partial charge in [-0.3, -0.25) is 0 Å². The summed E-state index contributed by atoms with van der Waals surface area (Å²) in [4.78, 5) is 14.1. The van der Waals surface area contributed by atoms with Crippen molar-refractivity contribution in [2.75, 3.05) is 0 Å². The summed E-state index contributed by atoms with van der Waals surface area (Å²) in [7, 11) is -3.68. The van der Waals surface area contributed by atoms with E-state index in [0.29, 0.717) is 12.3 Å². The third-order valence-electron chi connectivity index (χ3n) is 3.69. The number of benzene rings is 1. The zero-order valence-corrected chi connectivity index (χ0v) is 16.8. The molecule has 0 unspecified atom stereocenters. The van der Waals surface area contributed by atoms with Crippen LogP contribution in [0.15, 0.2) is 47.1 Å². The summed E-state index contributed by atoms with van der Waals surface area (Å²) < 4.78 is 34.4. The number of furan rings is 1. The first-order valence-electron chi connectivity index (χ1n) is 8.77. The van der Waals surface area contributed by atoms with E-state index in [9.17, 15) is 13.2 Å². The van der Waals surface area contributed by atoms with Crippen LogP contribution in [-0.2, 0) is 23.2 Å². The van der Waals surface area contributed by atoms with E-state index in [1.807, 2.05) is 19.9 Å². The Morgan fingerprint density at radius 2 is 1.89 bits per heavy atom. The third-order valence-corrected chi connectivity index (χ3v) is 5.27. The molecular weight excluding hydrogens is 368 g/mol. The maximum Gasteiger partial charge on any atom is 0.318 e. The van der Waals surface area contributed by atoms with E-state index in [4.69, 9.17) is 8.60 Å². The van der Waals surface area contributed by atoms with Crippen molar-refractivity contribution in [1.29, 1.82) is 0 Å². The van der Waals surface area contributed by atoms with Crippen LogP contribution in [-0.4, -0.2) is 30.6 Å². The van der Waals surface area contributed by atoms with Gasteiger partial charge in [-0.2, -0.15) is 8.42 Å². The van der Waals surface area contributed by atoms with E-state index in [1.165, 1.54) is 0 Å². The van der Waals surface area contributed by atoms with Gasteiger partial charge in [-0.15, -0.1) is 0 Å². The van der Waals surface area contributed by atoms with Gasteiger partial charge in [0.25, 0.3) is 0 Å². The number of nitrogens with zero attached hydrogens (tertiary/aromatic N) is 1. The summed E-state index contributed by atoms with van der Waals surface area (Å²) >= 11 is 0. The van der Waals surface area contributed by atoms with Crippen LogP contribution in [0.3, 0.4) is 0 Å². The molecule has 0 saturated heterocycles. The molecule has 2 aromatic rings. The molecule has 7 nitrogen and oxygen atoms in total.